The summed E-state index contributed by atoms with van der Waals surface area (Å²) >= 11 is 0. The zero-order valence-corrected chi connectivity index (χ0v) is 16.9. The molecule has 0 amide bonds. The van der Waals surface area contributed by atoms with E-state index in [1.807, 2.05) is 25.2 Å². The van der Waals surface area contributed by atoms with Gasteiger partial charge in [-0.25, -0.2) is 0 Å². The van der Waals surface area contributed by atoms with Gasteiger partial charge in [-0.15, -0.1) is 0 Å². The van der Waals surface area contributed by atoms with Gasteiger partial charge in [0.1, 0.15) is 11.5 Å². The molecule has 1 aromatic rings. The fourth-order valence-electron chi connectivity index (χ4n) is 3.54. The number of nitrogens with zero attached hydrogens (tertiary/aromatic N) is 3. The third-order valence-corrected chi connectivity index (χ3v) is 5.07. The number of likely N-dealkylation sites (tertiary alicyclic amines) is 1. The van der Waals surface area contributed by atoms with Crippen molar-refractivity contribution in [1.82, 2.24) is 15.1 Å². The number of aliphatic imine (C=N–C) groups is 1. The van der Waals surface area contributed by atoms with Crippen LogP contribution in [0.2, 0.25) is 0 Å². The summed E-state index contributed by atoms with van der Waals surface area (Å²) in [6.07, 6.45) is 2.58. The van der Waals surface area contributed by atoms with E-state index in [-0.39, 0.29) is 0 Å². The number of methoxy groups -OCH3 is 2. The highest BCUT2D eigenvalue weighted by molar-refractivity contribution is 5.79. The summed E-state index contributed by atoms with van der Waals surface area (Å²) in [5.74, 6) is 3.23. The van der Waals surface area contributed by atoms with E-state index < -0.39 is 0 Å². The van der Waals surface area contributed by atoms with Gasteiger partial charge in [0.2, 0.25) is 0 Å². The summed E-state index contributed by atoms with van der Waals surface area (Å²) < 4.78 is 10.8. The Kier molecular flexibility index (Phi) is 8.04. The van der Waals surface area contributed by atoms with Gasteiger partial charge in [0.05, 0.1) is 14.2 Å². The Morgan fingerprint density at radius 1 is 1.35 bits per heavy atom. The van der Waals surface area contributed by atoms with Gasteiger partial charge in [0, 0.05) is 45.4 Å². The van der Waals surface area contributed by atoms with Crippen molar-refractivity contribution >= 4 is 5.96 Å². The number of hydrogen-bond donors (Lipinski definition) is 1. The van der Waals surface area contributed by atoms with E-state index >= 15 is 0 Å². The normalized spacial score (nSPS) is 18.5. The first-order chi connectivity index (χ1) is 12.6. The SMILES string of the molecule is CCN1CCCC(CNC(=NC)N(C)Cc2ccc(OC)cc2OC)C1. The number of hydrogen-bond acceptors (Lipinski definition) is 4. The lowest BCUT2D eigenvalue weighted by molar-refractivity contribution is 0.183. The van der Waals surface area contributed by atoms with Crippen molar-refractivity contribution in [3.63, 3.8) is 0 Å². The summed E-state index contributed by atoms with van der Waals surface area (Å²) in [6.45, 7) is 7.48. The Labute approximate surface area is 158 Å². The molecule has 146 valence electrons. The van der Waals surface area contributed by atoms with Crippen molar-refractivity contribution in [3.05, 3.63) is 23.8 Å². The first-order valence-corrected chi connectivity index (χ1v) is 9.46. The number of guanidine groups is 1. The van der Waals surface area contributed by atoms with Crippen LogP contribution in [0.25, 0.3) is 0 Å². The third-order valence-electron chi connectivity index (χ3n) is 5.07. The molecule has 0 aliphatic carbocycles. The van der Waals surface area contributed by atoms with E-state index in [0.717, 1.165) is 42.7 Å². The van der Waals surface area contributed by atoms with Gasteiger partial charge in [-0.05, 0) is 44.0 Å². The van der Waals surface area contributed by atoms with Crippen molar-refractivity contribution in [1.29, 1.82) is 0 Å². The van der Waals surface area contributed by atoms with Crippen molar-refractivity contribution in [3.8, 4) is 11.5 Å². The summed E-state index contributed by atoms with van der Waals surface area (Å²) in [4.78, 5) is 9.11. The van der Waals surface area contributed by atoms with E-state index in [1.165, 1.54) is 25.9 Å². The van der Waals surface area contributed by atoms with Crippen LogP contribution in [-0.2, 0) is 6.54 Å². The molecule has 1 heterocycles. The fourth-order valence-corrected chi connectivity index (χ4v) is 3.54. The molecule has 1 atom stereocenters. The van der Waals surface area contributed by atoms with Crippen LogP contribution in [-0.4, -0.2) is 70.3 Å². The zero-order chi connectivity index (χ0) is 18.9. The van der Waals surface area contributed by atoms with E-state index in [0.29, 0.717) is 5.92 Å². The van der Waals surface area contributed by atoms with Crippen LogP contribution in [0, 0.1) is 5.92 Å². The van der Waals surface area contributed by atoms with Crippen LogP contribution in [0.15, 0.2) is 23.2 Å². The molecule has 0 radical (unpaired) electrons. The molecule has 1 aliphatic rings. The Hall–Kier alpha value is -1.95. The minimum absolute atomic E-state index is 0.685. The highest BCUT2D eigenvalue weighted by atomic mass is 16.5. The quantitative estimate of drug-likeness (QED) is 0.596. The minimum Gasteiger partial charge on any atom is -0.497 e. The molecule has 26 heavy (non-hydrogen) atoms. The summed E-state index contributed by atoms with van der Waals surface area (Å²) in [5.41, 5.74) is 1.11. The van der Waals surface area contributed by atoms with Gasteiger partial charge in [-0.1, -0.05) is 6.92 Å². The topological polar surface area (TPSA) is 49.3 Å². The highest BCUT2D eigenvalue weighted by Gasteiger charge is 2.19. The maximum atomic E-state index is 5.51. The number of piperidine rings is 1. The Morgan fingerprint density at radius 2 is 2.15 bits per heavy atom. The molecular formula is C20H34N4O2. The molecule has 1 saturated heterocycles. The summed E-state index contributed by atoms with van der Waals surface area (Å²) in [5, 5.41) is 3.55. The average molecular weight is 363 g/mol. The van der Waals surface area contributed by atoms with Crippen LogP contribution in [0.1, 0.15) is 25.3 Å². The molecule has 6 heteroatoms. The fraction of sp³-hybridized carbons (Fsp3) is 0.650. The zero-order valence-electron chi connectivity index (χ0n) is 16.9. The van der Waals surface area contributed by atoms with Crippen molar-refractivity contribution in [2.45, 2.75) is 26.3 Å². The number of rotatable bonds is 7. The summed E-state index contributed by atoms with van der Waals surface area (Å²) in [7, 11) is 7.24. The van der Waals surface area contributed by atoms with Crippen molar-refractivity contribution in [2.75, 3.05) is 54.5 Å². The van der Waals surface area contributed by atoms with Gasteiger partial charge in [0.25, 0.3) is 0 Å². The molecule has 0 spiro atoms. The van der Waals surface area contributed by atoms with E-state index in [4.69, 9.17) is 9.47 Å². The Morgan fingerprint density at radius 3 is 2.81 bits per heavy atom. The van der Waals surface area contributed by atoms with Crippen molar-refractivity contribution < 1.29 is 9.47 Å². The molecule has 0 saturated carbocycles. The molecule has 0 aromatic heterocycles. The van der Waals surface area contributed by atoms with Crippen LogP contribution in [0.4, 0.5) is 0 Å². The van der Waals surface area contributed by atoms with Gasteiger partial charge < -0.3 is 24.6 Å². The molecule has 1 aliphatic heterocycles. The lowest BCUT2D eigenvalue weighted by Gasteiger charge is -2.33. The smallest absolute Gasteiger partial charge is 0.193 e. The first kappa shape index (κ1) is 20.4. The molecule has 1 fully saturated rings. The lowest BCUT2D eigenvalue weighted by atomic mass is 9.98. The maximum Gasteiger partial charge on any atom is 0.193 e. The number of ether oxygens (including phenoxy) is 2. The largest absolute Gasteiger partial charge is 0.497 e. The van der Waals surface area contributed by atoms with E-state index in [9.17, 15) is 0 Å². The number of benzene rings is 1. The van der Waals surface area contributed by atoms with E-state index in [2.05, 4.69) is 34.1 Å². The monoisotopic (exact) mass is 362 g/mol. The van der Waals surface area contributed by atoms with Gasteiger partial charge in [-0.2, -0.15) is 0 Å². The second-order valence-corrected chi connectivity index (χ2v) is 6.86. The first-order valence-electron chi connectivity index (χ1n) is 9.46. The molecule has 1 unspecified atom stereocenters. The Balaban J connectivity index is 1.93. The lowest BCUT2D eigenvalue weighted by Crippen LogP contribution is -2.44. The summed E-state index contributed by atoms with van der Waals surface area (Å²) in [6, 6.07) is 5.92. The van der Waals surface area contributed by atoms with Crippen molar-refractivity contribution in [2.24, 2.45) is 10.9 Å². The predicted molar refractivity (Wildman–Crippen MR) is 107 cm³/mol. The standard InChI is InChI=1S/C20H34N4O2/c1-6-24-11-7-8-16(14-24)13-22-20(21-2)23(3)15-17-9-10-18(25-4)12-19(17)26-5/h9-10,12,16H,6-8,11,13-15H2,1-5H3,(H,21,22). The maximum absolute atomic E-state index is 5.51. The molecule has 6 nitrogen and oxygen atoms in total. The van der Waals surface area contributed by atoms with Crippen LogP contribution < -0.4 is 14.8 Å². The second kappa shape index (κ2) is 10.3. The predicted octanol–water partition coefficient (Wildman–Crippen LogP) is 2.44. The third kappa shape index (κ3) is 5.53. The molecule has 1 N–H and O–H groups in total. The van der Waals surface area contributed by atoms with Crippen LogP contribution in [0.3, 0.4) is 0 Å². The van der Waals surface area contributed by atoms with Gasteiger partial charge in [0.15, 0.2) is 5.96 Å². The van der Waals surface area contributed by atoms with Crippen LogP contribution >= 0.6 is 0 Å². The minimum atomic E-state index is 0.685. The molecular weight excluding hydrogens is 328 g/mol. The molecule has 2 rings (SSSR count). The van der Waals surface area contributed by atoms with Crippen LogP contribution in [0.5, 0.6) is 11.5 Å². The van der Waals surface area contributed by atoms with Gasteiger partial charge in [-0.3, -0.25) is 4.99 Å². The number of nitrogens with one attached hydrogen (secondary N) is 1. The van der Waals surface area contributed by atoms with E-state index in [1.54, 1.807) is 14.2 Å². The second-order valence-electron chi connectivity index (χ2n) is 6.86. The molecule has 1 aromatic carbocycles. The molecule has 0 bridgehead atoms. The highest BCUT2D eigenvalue weighted by Crippen LogP contribution is 2.25. The average Bonchev–Trinajstić information content (AvgIpc) is 2.68. The van der Waals surface area contributed by atoms with Gasteiger partial charge >= 0.3 is 0 Å². The Bertz CT molecular complexity index is 591.